The lowest BCUT2D eigenvalue weighted by Gasteiger charge is -2.22. The molecule has 2 rings (SSSR count). The van der Waals surface area contributed by atoms with Gasteiger partial charge in [0.25, 0.3) is 0 Å². The van der Waals surface area contributed by atoms with Crippen LogP contribution in [0.5, 0.6) is 5.75 Å². The predicted octanol–water partition coefficient (Wildman–Crippen LogP) is 3.46. The largest absolute Gasteiger partial charge is 0.492 e. The molecule has 0 aliphatic carbocycles. The molecule has 3 nitrogen and oxygen atoms in total. The van der Waals surface area contributed by atoms with E-state index in [0.717, 1.165) is 38.3 Å². The molecular weight excluding hydrogens is 319 g/mol. The van der Waals surface area contributed by atoms with Crippen LogP contribution in [0, 0.1) is 5.41 Å². The Morgan fingerprint density at radius 3 is 2.50 bits per heavy atom. The molecule has 1 aliphatic rings. The van der Waals surface area contributed by atoms with Crippen molar-refractivity contribution in [1.29, 1.82) is 0 Å². The molecule has 1 heterocycles. The maximum absolute atomic E-state index is 5.92. The van der Waals surface area contributed by atoms with Gasteiger partial charge in [0, 0.05) is 23.1 Å². The minimum absolute atomic E-state index is 0. The first kappa shape index (κ1) is 17.9. The monoisotopic (exact) mass is 338 g/mol. The summed E-state index contributed by atoms with van der Waals surface area (Å²) in [6.07, 6.45) is 1.16. The minimum atomic E-state index is 0. The van der Waals surface area contributed by atoms with Gasteiger partial charge in [-0.15, -0.1) is 12.4 Å². The Balaban J connectivity index is 0.00000200. The fourth-order valence-electron chi connectivity index (χ4n) is 2.39. The Hall–Kier alpha value is -0.190. The molecule has 1 fully saturated rings. The summed E-state index contributed by atoms with van der Waals surface area (Å²) in [5.74, 6) is 0.721. The van der Waals surface area contributed by atoms with Crippen molar-refractivity contribution >= 4 is 35.6 Å². The van der Waals surface area contributed by atoms with Crippen LogP contribution in [-0.4, -0.2) is 37.7 Å². The molecule has 1 aromatic carbocycles. The van der Waals surface area contributed by atoms with Gasteiger partial charge in [0.1, 0.15) is 12.4 Å². The van der Waals surface area contributed by atoms with Crippen LogP contribution in [0.4, 0.5) is 0 Å². The fourth-order valence-corrected chi connectivity index (χ4v) is 2.89. The molecule has 6 heteroatoms. The SMILES string of the molecule is CC1(CN)CCN(CCOc2cc(Cl)cc(Cl)c2)C1.Cl. The first-order valence-corrected chi connectivity index (χ1v) is 7.28. The molecule has 0 spiro atoms. The molecule has 0 amide bonds. The maximum Gasteiger partial charge on any atom is 0.122 e. The van der Waals surface area contributed by atoms with Gasteiger partial charge >= 0.3 is 0 Å². The second-order valence-corrected chi connectivity index (χ2v) is 6.37. The normalized spacial score (nSPS) is 22.6. The van der Waals surface area contributed by atoms with Gasteiger partial charge in [-0.2, -0.15) is 0 Å². The Bertz CT molecular complexity index is 424. The van der Waals surface area contributed by atoms with E-state index in [4.69, 9.17) is 33.7 Å². The van der Waals surface area contributed by atoms with Gasteiger partial charge in [0.05, 0.1) is 0 Å². The lowest BCUT2D eigenvalue weighted by atomic mass is 9.90. The summed E-state index contributed by atoms with van der Waals surface area (Å²) in [6, 6.07) is 5.26. The summed E-state index contributed by atoms with van der Waals surface area (Å²) in [6.45, 7) is 6.66. The molecule has 0 bridgehead atoms. The van der Waals surface area contributed by atoms with E-state index in [9.17, 15) is 0 Å². The minimum Gasteiger partial charge on any atom is -0.492 e. The number of benzene rings is 1. The average molecular weight is 340 g/mol. The van der Waals surface area contributed by atoms with Crippen LogP contribution in [0.3, 0.4) is 0 Å². The molecule has 1 aliphatic heterocycles. The quantitative estimate of drug-likeness (QED) is 0.893. The van der Waals surface area contributed by atoms with Gasteiger partial charge in [0.2, 0.25) is 0 Å². The summed E-state index contributed by atoms with van der Waals surface area (Å²) in [5.41, 5.74) is 6.06. The van der Waals surface area contributed by atoms with E-state index in [1.807, 2.05) is 0 Å². The number of nitrogens with two attached hydrogens (primary N) is 1. The van der Waals surface area contributed by atoms with E-state index in [1.165, 1.54) is 0 Å². The van der Waals surface area contributed by atoms with Gasteiger partial charge < -0.3 is 10.5 Å². The van der Waals surface area contributed by atoms with Crippen molar-refractivity contribution in [3.63, 3.8) is 0 Å². The third-order valence-electron chi connectivity index (χ3n) is 3.64. The van der Waals surface area contributed by atoms with Crippen molar-refractivity contribution in [2.24, 2.45) is 11.1 Å². The van der Waals surface area contributed by atoms with E-state index >= 15 is 0 Å². The molecule has 0 saturated carbocycles. The van der Waals surface area contributed by atoms with Crippen LogP contribution in [0.2, 0.25) is 10.0 Å². The first-order valence-electron chi connectivity index (χ1n) is 6.52. The summed E-state index contributed by atoms with van der Waals surface area (Å²) < 4.78 is 5.69. The lowest BCUT2D eigenvalue weighted by molar-refractivity contribution is 0.219. The Kier molecular flexibility index (Phi) is 6.89. The molecule has 1 aromatic rings. The van der Waals surface area contributed by atoms with Crippen LogP contribution < -0.4 is 10.5 Å². The number of halogens is 3. The Morgan fingerprint density at radius 1 is 1.30 bits per heavy atom. The predicted molar refractivity (Wildman–Crippen MR) is 87.4 cm³/mol. The van der Waals surface area contributed by atoms with Crippen LogP contribution >= 0.6 is 35.6 Å². The molecule has 1 atom stereocenters. The molecule has 1 saturated heterocycles. The zero-order valence-corrected chi connectivity index (χ0v) is 13.9. The van der Waals surface area contributed by atoms with Crippen molar-refractivity contribution in [3.8, 4) is 5.75 Å². The Labute approximate surface area is 136 Å². The molecule has 114 valence electrons. The van der Waals surface area contributed by atoms with Crippen molar-refractivity contribution < 1.29 is 4.74 Å². The second-order valence-electron chi connectivity index (χ2n) is 5.49. The summed E-state index contributed by atoms with van der Waals surface area (Å²) in [5, 5.41) is 1.19. The van der Waals surface area contributed by atoms with E-state index in [-0.39, 0.29) is 17.8 Å². The summed E-state index contributed by atoms with van der Waals surface area (Å²) >= 11 is 11.8. The fraction of sp³-hybridized carbons (Fsp3) is 0.571. The highest BCUT2D eigenvalue weighted by molar-refractivity contribution is 6.34. The van der Waals surface area contributed by atoms with Crippen molar-refractivity contribution in [1.82, 2.24) is 4.90 Å². The number of ether oxygens (including phenoxy) is 1. The maximum atomic E-state index is 5.92. The van der Waals surface area contributed by atoms with Crippen molar-refractivity contribution in [2.75, 3.05) is 32.8 Å². The van der Waals surface area contributed by atoms with Gasteiger partial charge in [-0.05, 0) is 43.1 Å². The molecule has 20 heavy (non-hydrogen) atoms. The average Bonchev–Trinajstić information content (AvgIpc) is 2.71. The lowest BCUT2D eigenvalue weighted by Crippen LogP contribution is -2.33. The standard InChI is InChI=1S/C14H20Cl2N2O.ClH/c1-14(9-17)2-3-18(10-14)4-5-19-13-7-11(15)6-12(16)8-13;/h6-8H,2-5,9-10,17H2,1H3;1H. The van der Waals surface area contributed by atoms with Crippen LogP contribution in [0.1, 0.15) is 13.3 Å². The van der Waals surface area contributed by atoms with Crippen LogP contribution in [0.25, 0.3) is 0 Å². The molecule has 1 unspecified atom stereocenters. The van der Waals surface area contributed by atoms with Crippen molar-refractivity contribution in [3.05, 3.63) is 28.2 Å². The zero-order valence-electron chi connectivity index (χ0n) is 11.6. The highest BCUT2D eigenvalue weighted by Crippen LogP contribution is 2.28. The molecule has 2 N–H and O–H groups in total. The summed E-state index contributed by atoms with van der Waals surface area (Å²) in [4.78, 5) is 2.39. The molecular formula is C14H21Cl3N2O. The van der Waals surface area contributed by atoms with Crippen molar-refractivity contribution in [2.45, 2.75) is 13.3 Å². The van der Waals surface area contributed by atoms with E-state index < -0.39 is 0 Å². The first-order chi connectivity index (χ1) is 9.00. The molecule has 0 aromatic heterocycles. The number of rotatable bonds is 5. The van der Waals surface area contributed by atoms with Gasteiger partial charge in [-0.1, -0.05) is 30.1 Å². The molecule has 0 radical (unpaired) electrons. The third kappa shape index (κ3) is 4.97. The van der Waals surface area contributed by atoms with Gasteiger partial charge in [0.15, 0.2) is 0 Å². The number of nitrogens with zero attached hydrogens (tertiary/aromatic N) is 1. The Morgan fingerprint density at radius 2 is 1.95 bits per heavy atom. The van der Waals surface area contributed by atoms with Gasteiger partial charge in [-0.25, -0.2) is 0 Å². The highest BCUT2D eigenvalue weighted by atomic mass is 35.5. The van der Waals surface area contributed by atoms with E-state index in [0.29, 0.717) is 16.7 Å². The number of likely N-dealkylation sites (tertiary alicyclic amines) is 1. The number of hydrogen-bond acceptors (Lipinski definition) is 3. The highest BCUT2D eigenvalue weighted by Gasteiger charge is 2.31. The number of hydrogen-bond donors (Lipinski definition) is 1. The van der Waals surface area contributed by atoms with Crippen LogP contribution in [0.15, 0.2) is 18.2 Å². The third-order valence-corrected chi connectivity index (χ3v) is 4.08. The van der Waals surface area contributed by atoms with E-state index in [2.05, 4.69) is 11.8 Å². The topological polar surface area (TPSA) is 38.5 Å². The second kappa shape index (κ2) is 7.71. The smallest absolute Gasteiger partial charge is 0.122 e. The summed E-state index contributed by atoms with van der Waals surface area (Å²) in [7, 11) is 0. The van der Waals surface area contributed by atoms with E-state index in [1.54, 1.807) is 18.2 Å². The van der Waals surface area contributed by atoms with Crippen LogP contribution in [-0.2, 0) is 0 Å². The zero-order chi connectivity index (χ0) is 13.9. The van der Waals surface area contributed by atoms with Gasteiger partial charge in [-0.3, -0.25) is 4.90 Å².